The van der Waals surface area contributed by atoms with Crippen molar-refractivity contribution >= 4 is 38.2 Å². The van der Waals surface area contributed by atoms with E-state index in [2.05, 4.69) is 9.71 Å². The second kappa shape index (κ2) is 7.00. The molecule has 5 nitrogen and oxygen atoms in total. The number of fused-ring (bicyclic) bond motifs is 1. The second-order valence-corrected chi connectivity index (χ2v) is 8.10. The molecule has 0 amide bonds. The van der Waals surface area contributed by atoms with E-state index in [1.54, 1.807) is 24.3 Å². The van der Waals surface area contributed by atoms with E-state index in [1.165, 1.54) is 12.1 Å². The number of aromatic nitrogens is 1. The van der Waals surface area contributed by atoms with Crippen molar-refractivity contribution in [3.05, 3.63) is 65.3 Å². The summed E-state index contributed by atoms with van der Waals surface area (Å²) >= 11 is 5.91. The number of rotatable bonds is 5. The van der Waals surface area contributed by atoms with Crippen molar-refractivity contribution in [2.75, 3.05) is 18.8 Å². The summed E-state index contributed by atoms with van der Waals surface area (Å²) in [6.07, 6.45) is 0. The Kier molecular flexibility index (Phi) is 4.94. The maximum Gasteiger partial charge on any atom is 0.262 e. The zero-order valence-electron chi connectivity index (χ0n) is 13.9. The Morgan fingerprint density at radius 1 is 1.08 bits per heavy atom. The monoisotopic (exact) mass is 375 g/mol. The Hall–Kier alpha value is -2.15. The van der Waals surface area contributed by atoms with E-state index in [0.717, 1.165) is 11.1 Å². The second-order valence-electron chi connectivity index (χ2n) is 5.98. The van der Waals surface area contributed by atoms with Crippen molar-refractivity contribution < 1.29 is 8.42 Å². The molecule has 0 aliphatic rings. The van der Waals surface area contributed by atoms with Crippen molar-refractivity contribution in [2.24, 2.45) is 0 Å². The number of nitrogens with zero attached hydrogens (tertiary/aromatic N) is 2. The lowest BCUT2D eigenvalue weighted by Crippen LogP contribution is -2.14. The minimum Gasteiger partial charge on any atom is -0.304 e. The molecule has 2 aromatic carbocycles. The lowest BCUT2D eigenvalue weighted by atomic mass is 10.2. The highest BCUT2D eigenvalue weighted by atomic mass is 35.5. The van der Waals surface area contributed by atoms with Crippen LogP contribution in [0.5, 0.6) is 0 Å². The average molecular weight is 376 g/mol. The molecule has 3 aromatic rings. The van der Waals surface area contributed by atoms with Crippen LogP contribution in [0.15, 0.2) is 59.5 Å². The predicted octanol–water partition coefficient (Wildman–Crippen LogP) is 3.75. The third-order valence-electron chi connectivity index (χ3n) is 3.61. The number of anilines is 1. The lowest BCUT2D eigenvalue weighted by Gasteiger charge is -2.13. The van der Waals surface area contributed by atoms with Gasteiger partial charge in [0.25, 0.3) is 10.0 Å². The van der Waals surface area contributed by atoms with Crippen LogP contribution in [0.2, 0.25) is 5.02 Å². The number of sulfonamides is 1. The lowest BCUT2D eigenvalue weighted by molar-refractivity contribution is 0.397. The van der Waals surface area contributed by atoms with Crippen molar-refractivity contribution in [1.82, 2.24) is 9.88 Å². The summed E-state index contributed by atoms with van der Waals surface area (Å²) < 4.78 is 27.9. The maximum absolute atomic E-state index is 12.7. The number of hydrogen-bond donors (Lipinski definition) is 1. The Morgan fingerprint density at radius 3 is 2.56 bits per heavy atom. The van der Waals surface area contributed by atoms with Gasteiger partial charge in [0.15, 0.2) is 0 Å². The van der Waals surface area contributed by atoms with Crippen molar-refractivity contribution in [2.45, 2.75) is 11.4 Å². The van der Waals surface area contributed by atoms with Crippen LogP contribution < -0.4 is 4.72 Å². The summed E-state index contributed by atoms with van der Waals surface area (Å²) in [6.45, 7) is 0.672. The molecule has 0 radical (unpaired) electrons. The van der Waals surface area contributed by atoms with Crippen LogP contribution in [-0.2, 0) is 16.6 Å². The molecular formula is C18H18ClN3O2S. The fourth-order valence-corrected chi connectivity index (χ4v) is 3.89. The number of benzene rings is 2. The van der Waals surface area contributed by atoms with Gasteiger partial charge in [0.1, 0.15) is 0 Å². The third kappa shape index (κ3) is 4.10. The molecule has 1 aromatic heterocycles. The van der Waals surface area contributed by atoms with E-state index >= 15 is 0 Å². The molecule has 0 aliphatic heterocycles. The van der Waals surface area contributed by atoms with E-state index in [0.29, 0.717) is 22.8 Å². The molecule has 0 unspecified atom stereocenters. The van der Waals surface area contributed by atoms with Gasteiger partial charge in [0.05, 0.1) is 21.8 Å². The Bertz CT molecular complexity index is 1020. The van der Waals surface area contributed by atoms with Crippen LogP contribution in [0, 0.1) is 0 Å². The first kappa shape index (κ1) is 17.7. The molecule has 0 saturated carbocycles. The van der Waals surface area contributed by atoms with E-state index in [9.17, 15) is 8.42 Å². The van der Waals surface area contributed by atoms with Crippen LogP contribution in [0.4, 0.5) is 5.69 Å². The molecule has 130 valence electrons. The minimum atomic E-state index is -3.75. The van der Waals surface area contributed by atoms with Crippen LogP contribution in [0.3, 0.4) is 0 Å². The Morgan fingerprint density at radius 2 is 1.84 bits per heavy atom. The zero-order chi connectivity index (χ0) is 18.0. The number of pyridine rings is 1. The molecule has 25 heavy (non-hydrogen) atoms. The fourth-order valence-electron chi connectivity index (χ4n) is 2.52. The molecule has 3 rings (SSSR count). The van der Waals surface area contributed by atoms with Gasteiger partial charge in [0, 0.05) is 17.0 Å². The SMILES string of the molecule is CN(C)Cc1ccc2cccc(NS(=O)(=O)c3cccc(Cl)c3)c2n1. The summed E-state index contributed by atoms with van der Waals surface area (Å²) in [5.74, 6) is 0. The van der Waals surface area contributed by atoms with Crippen LogP contribution in [0.1, 0.15) is 5.69 Å². The summed E-state index contributed by atoms with van der Waals surface area (Å²) in [5, 5.41) is 1.24. The van der Waals surface area contributed by atoms with E-state index in [1.807, 2.05) is 37.2 Å². The molecule has 1 N–H and O–H groups in total. The summed E-state index contributed by atoms with van der Waals surface area (Å²) in [6, 6.07) is 15.4. The highest BCUT2D eigenvalue weighted by Crippen LogP contribution is 2.25. The third-order valence-corrected chi connectivity index (χ3v) is 5.21. The molecule has 0 bridgehead atoms. The first-order valence-electron chi connectivity index (χ1n) is 7.67. The minimum absolute atomic E-state index is 0.112. The van der Waals surface area contributed by atoms with Gasteiger partial charge in [-0.05, 0) is 44.4 Å². The van der Waals surface area contributed by atoms with Crippen molar-refractivity contribution in [1.29, 1.82) is 0 Å². The quantitative estimate of drug-likeness (QED) is 0.737. The smallest absolute Gasteiger partial charge is 0.262 e. The highest BCUT2D eigenvalue weighted by Gasteiger charge is 2.16. The topological polar surface area (TPSA) is 62.3 Å². The van der Waals surface area contributed by atoms with Gasteiger partial charge in [-0.25, -0.2) is 13.4 Å². The molecule has 0 atom stereocenters. The van der Waals surface area contributed by atoms with Crippen molar-refractivity contribution in [3.8, 4) is 0 Å². The zero-order valence-corrected chi connectivity index (χ0v) is 15.5. The molecule has 0 spiro atoms. The van der Waals surface area contributed by atoms with Gasteiger partial charge in [-0.15, -0.1) is 0 Å². The fraction of sp³-hybridized carbons (Fsp3) is 0.167. The predicted molar refractivity (Wildman–Crippen MR) is 101 cm³/mol. The van der Waals surface area contributed by atoms with Crippen LogP contribution in [0.25, 0.3) is 10.9 Å². The summed E-state index contributed by atoms with van der Waals surface area (Å²) in [7, 11) is 0.168. The van der Waals surface area contributed by atoms with Crippen LogP contribution in [-0.4, -0.2) is 32.4 Å². The van der Waals surface area contributed by atoms with Gasteiger partial charge < -0.3 is 4.90 Å². The molecular weight excluding hydrogens is 358 g/mol. The highest BCUT2D eigenvalue weighted by molar-refractivity contribution is 7.92. The van der Waals surface area contributed by atoms with Crippen molar-refractivity contribution in [3.63, 3.8) is 0 Å². The molecule has 0 fully saturated rings. The first-order chi connectivity index (χ1) is 11.8. The first-order valence-corrected chi connectivity index (χ1v) is 9.53. The Labute approximate surface area is 152 Å². The van der Waals surface area contributed by atoms with Gasteiger partial charge in [-0.1, -0.05) is 35.9 Å². The van der Waals surface area contributed by atoms with Gasteiger partial charge in [-0.3, -0.25) is 4.72 Å². The largest absolute Gasteiger partial charge is 0.304 e. The maximum atomic E-state index is 12.7. The number of para-hydroxylation sites is 1. The molecule has 0 aliphatic carbocycles. The van der Waals surface area contributed by atoms with E-state index in [-0.39, 0.29) is 4.90 Å². The van der Waals surface area contributed by atoms with Gasteiger partial charge in [-0.2, -0.15) is 0 Å². The molecule has 0 saturated heterocycles. The van der Waals surface area contributed by atoms with Gasteiger partial charge in [0.2, 0.25) is 0 Å². The normalized spacial score (nSPS) is 11.8. The molecule has 1 heterocycles. The number of halogens is 1. The van der Waals surface area contributed by atoms with Gasteiger partial charge >= 0.3 is 0 Å². The standard InChI is InChI=1S/C18H18ClN3O2S/c1-22(2)12-15-10-9-13-5-3-8-17(18(13)20-15)21-25(23,24)16-7-4-6-14(19)11-16/h3-11,21H,12H2,1-2H3. The van der Waals surface area contributed by atoms with E-state index < -0.39 is 10.0 Å². The average Bonchev–Trinajstić information content (AvgIpc) is 2.54. The Balaban J connectivity index is 2.03. The van der Waals surface area contributed by atoms with E-state index in [4.69, 9.17) is 11.6 Å². The van der Waals surface area contributed by atoms with Crippen LogP contribution >= 0.6 is 11.6 Å². The molecule has 7 heteroatoms. The summed E-state index contributed by atoms with van der Waals surface area (Å²) in [5.41, 5.74) is 1.93. The number of nitrogens with one attached hydrogen (secondary N) is 1. The number of hydrogen-bond acceptors (Lipinski definition) is 4. The summed E-state index contributed by atoms with van der Waals surface area (Å²) in [4.78, 5) is 6.74.